The molecule has 3 nitrogen and oxygen atoms in total. The van der Waals surface area contributed by atoms with Crippen molar-refractivity contribution in [1.29, 1.82) is 0 Å². The number of aromatic nitrogens is 2. The second kappa shape index (κ2) is 4.48. The van der Waals surface area contributed by atoms with Crippen molar-refractivity contribution in [2.75, 3.05) is 5.73 Å². The topological polar surface area (TPSA) is 43.8 Å². The van der Waals surface area contributed by atoms with Gasteiger partial charge in [-0.25, -0.2) is 0 Å². The van der Waals surface area contributed by atoms with Gasteiger partial charge in [-0.15, -0.1) is 0 Å². The van der Waals surface area contributed by atoms with Crippen LogP contribution in [0.25, 0.3) is 0 Å². The zero-order valence-corrected chi connectivity index (χ0v) is 11.6. The summed E-state index contributed by atoms with van der Waals surface area (Å²) >= 11 is 0. The molecule has 0 aliphatic rings. The molecule has 0 fully saturated rings. The lowest BCUT2D eigenvalue weighted by Crippen LogP contribution is -2.15. The van der Waals surface area contributed by atoms with E-state index in [-0.39, 0.29) is 5.41 Å². The van der Waals surface area contributed by atoms with Gasteiger partial charge in [-0.3, -0.25) is 4.68 Å². The number of rotatable bonds is 2. The van der Waals surface area contributed by atoms with Crippen LogP contribution in [0.2, 0.25) is 0 Å². The summed E-state index contributed by atoms with van der Waals surface area (Å²) in [6, 6.07) is 8.35. The van der Waals surface area contributed by atoms with E-state index in [0.717, 1.165) is 17.9 Å². The number of hydrogen-bond acceptors (Lipinski definition) is 2. The van der Waals surface area contributed by atoms with Crippen molar-refractivity contribution in [3.05, 3.63) is 47.3 Å². The molecule has 3 heteroatoms. The lowest BCUT2D eigenvalue weighted by Gasteiger charge is -2.15. The van der Waals surface area contributed by atoms with Gasteiger partial charge >= 0.3 is 0 Å². The maximum absolute atomic E-state index is 6.04. The van der Waals surface area contributed by atoms with Crippen LogP contribution < -0.4 is 5.73 Å². The van der Waals surface area contributed by atoms with Crippen molar-refractivity contribution in [3.8, 4) is 0 Å². The molecule has 1 aromatic heterocycles. The van der Waals surface area contributed by atoms with Gasteiger partial charge in [0.25, 0.3) is 0 Å². The molecule has 2 N–H and O–H groups in total. The predicted molar refractivity (Wildman–Crippen MR) is 75.6 cm³/mol. The molecule has 0 unspecified atom stereocenters. The third kappa shape index (κ3) is 2.55. The third-order valence-corrected chi connectivity index (χ3v) is 3.09. The monoisotopic (exact) mass is 243 g/mol. The summed E-state index contributed by atoms with van der Waals surface area (Å²) in [5, 5.41) is 4.61. The Morgan fingerprint density at radius 3 is 2.44 bits per heavy atom. The molecule has 18 heavy (non-hydrogen) atoms. The molecular weight excluding hydrogens is 222 g/mol. The number of aryl methyl sites for hydroxylation is 1. The summed E-state index contributed by atoms with van der Waals surface area (Å²) in [5.74, 6) is 0. The Morgan fingerprint density at radius 2 is 1.89 bits per heavy atom. The van der Waals surface area contributed by atoms with Crippen molar-refractivity contribution < 1.29 is 0 Å². The minimum absolute atomic E-state index is 0.0128. The molecule has 1 aromatic carbocycles. The Balaban J connectivity index is 2.29. The molecule has 0 atom stereocenters. The van der Waals surface area contributed by atoms with Crippen LogP contribution in [0.3, 0.4) is 0 Å². The van der Waals surface area contributed by atoms with Gasteiger partial charge in [0.2, 0.25) is 0 Å². The lowest BCUT2D eigenvalue weighted by atomic mass is 9.92. The maximum atomic E-state index is 6.04. The summed E-state index contributed by atoms with van der Waals surface area (Å²) in [7, 11) is 0. The number of anilines is 1. The predicted octanol–water partition coefficient (Wildman–Crippen LogP) is 3.12. The molecular formula is C15H21N3. The van der Waals surface area contributed by atoms with Crippen LogP contribution in [-0.2, 0) is 12.0 Å². The normalized spacial score (nSPS) is 11.8. The zero-order chi connectivity index (χ0) is 13.3. The molecule has 0 spiro atoms. The number of nitrogens with zero attached hydrogens (tertiary/aromatic N) is 2. The average Bonchev–Trinajstić information content (AvgIpc) is 2.63. The van der Waals surface area contributed by atoms with Gasteiger partial charge in [0.15, 0.2) is 0 Å². The number of benzene rings is 1. The van der Waals surface area contributed by atoms with Crippen LogP contribution in [0, 0.1) is 6.92 Å². The van der Waals surface area contributed by atoms with E-state index in [1.54, 1.807) is 0 Å². The highest BCUT2D eigenvalue weighted by Crippen LogP contribution is 2.26. The van der Waals surface area contributed by atoms with Crippen LogP contribution in [-0.4, -0.2) is 9.78 Å². The highest BCUT2D eigenvalue weighted by atomic mass is 15.3. The standard InChI is InChI=1S/C15H21N3/c1-11-7-5-6-8-12(11)9-18-10-13(16)14(17-18)15(2,3)4/h5-8,10H,9,16H2,1-4H3. The molecule has 0 radical (unpaired) electrons. The molecule has 1 heterocycles. The number of nitrogens with two attached hydrogens (primary N) is 1. The summed E-state index contributed by atoms with van der Waals surface area (Å²) in [6.07, 6.45) is 1.92. The Bertz CT molecular complexity index is 547. The second-order valence-electron chi connectivity index (χ2n) is 5.81. The van der Waals surface area contributed by atoms with Gasteiger partial charge in [-0.1, -0.05) is 45.0 Å². The Morgan fingerprint density at radius 1 is 1.22 bits per heavy atom. The molecule has 0 saturated carbocycles. The van der Waals surface area contributed by atoms with Gasteiger partial charge in [0.05, 0.1) is 17.9 Å². The van der Waals surface area contributed by atoms with Crippen LogP contribution in [0.4, 0.5) is 5.69 Å². The van der Waals surface area contributed by atoms with E-state index in [1.165, 1.54) is 11.1 Å². The van der Waals surface area contributed by atoms with E-state index in [2.05, 4.69) is 57.1 Å². The zero-order valence-electron chi connectivity index (χ0n) is 11.6. The first-order valence-electron chi connectivity index (χ1n) is 6.26. The van der Waals surface area contributed by atoms with E-state index in [1.807, 2.05) is 10.9 Å². The Hall–Kier alpha value is -1.77. The number of nitrogen functional groups attached to an aromatic ring is 1. The van der Waals surface area contributed by atoms with Crippen molar-refractivity contribution in [2.24, 2.45) is 0 Å². The van der Waals surface area contributed by atoms with Crippen molar-refractivity contribution in [3.63, 3.8) is 0 Å². The molecule has 2 aromatic rings. The summed E-state index contributed by atoms with van der Waals surface area (Å²) < 4.78 is 1.93. The van der Waals surface area contributed by atoms with Gasteiger partial charge in [0.1, 0.15) is 0 Å². The molecule has 96 valence electrons. The fourth-order valence-corrected chi connectivity index (χ4v) is 2.06. The van der Waals surface area contributed by atoms with Crippen LogP contribution in [0.1, 0.15) is 37.6 Å². The van der Waals surface area contributed by atoms with E-state index in [4.69, 9.17) is 5.73 Å². The van der Waals surface area contributed by atoms with Crippen molar-refractivity contribution in [2.45, 2.75) is 39.7 Å². The molecule has 0 amide bonds. The Labute approximate surface area is 109 Å². The van der Waals surface area contributed by atoms with E-state index in [9.17, 15) is 0 Å². The minimum Gasteiger partial charge on any atom is -0.396 e. The van der Waals surface area contributed by atoms with Gasteiger partial charge < -0.3 is 5.73 Å². The van der Waals surface area contributed by atoms with Crippen LogP contribution >= 0.6 is 0 Å². The number of hydrogen-bond donors (Lipinski definition) is 1. The first-order chi connectivity index (χ1) is 8.38. The largest absolute Gasteiger partial charge is 0.396 e. The Kier molecular flexibility index (Phi) is 3.16. The second-order valence-corrected chi connectivity index (χ2v) is 5.81. The SMILES string of the molecule is Cc1ccccc1Cn1cc(N)c(C(C)(C)C)n1. The summed E-state index contributed by atoms with van der Waals surface area (Å²) in [4.78, 5) is 0. The van der Waals surface area contributed by atoms with Crippen molar-refractivity contribution in [1.82, 2.24) is 9.78 Å². The fourth-order valence-electron chi connectivity index (χ4n) is 2.06. The molecule has 2 rings (SSSR count). The molecule has 0 bridgehead atoms. The fraction of sp³-hybridized carbons (Fsp3) is 0.400. The van der Waals surface area contributed by atoms with E-state index < -0.39 is 0 Å². The van der Waals surface area contributed by atoms with Crippen molar-refractivity contribution >= 4 is 5.69 Å². The van der Waals surface area contributed by atoms with E-state index in [0.29, 0.717) is 0 Å². The summed E-state index contributed by atoms with van der Waals surface area (Å²) in [5.41, 5.74) is 10.3. The van der Waals surface area contributed by atoms with Crippen LogP contribution in [0.5, 0.6) is 0 Å². The van der Waals surface area contributed by atoms with Gasteiger partial charge in [-0.2, -0.15) is 5.10 Å². The highest BCUT2D eigenvalue weighted by Gasteiger charge is 2.20. The molecule has 0 saturated heterocycles. The minimum atomic E-state index is -0.0128. The van der Waals surface area contributed by atoms with Crippen LogP contribution in [0.15, 0.2) is 30.5 Å². The average molecular weight is 243 g/mol. The first kappa shape index (κ1) is 12.7. The smallest absolute Gasteiger partial charge is 0.0907 e. The lowest BCUT2D eigenvalue weighted by molar-refractivity contribution is 0.546. The first-order valence-corrected chi connectivity index (χ1v) is 6.26. The quantitative estimate of drug-likeness (QED) is 0.880. The summed E-state index contributed by atoms with van der Waals surface area (Å²) in [6.45, 7) is 9.28. The maximum Gasteiger partial charge on any atom is 0.0907 e. The molecule has 0 aliphatic heterocycles. The van der Waals surface area contributed by atoms with Gasteiger partial charge in [-0.05, 0) is 18.1 Å². The van der Waals surface area contributed by atoms with Gasteiger partial charge in [0, 0.05) is 11.6 Å². The highest BCUT2D eigenvalue weighted by molar-refractivity contribution is 5.44. The third-order valence-electron chi connectivity index (χ3n) is 3.09. The van der Waals surface area contributed by atoms with E-state index >= 15 is 0 Å². The molecule has 0 aliphatic carbocycles.